The molecule has 0 aromatic carbocycles. The van der Waals surface area contributed by atoms with E-state index in [2.05, 4.69) is 10.3 Å². The van der Waals surface area contributed by atoms with E-state index in [9.17, 15) is 19.6 Å². The summed E-state index contributed by atoms with van der Waals surface area (Å²) in [6.07, 6.45) is 3.37. The van der Waals surface area contributed by atoms with Crippen molar-refractivity contribution in [3.8, 4) is 6.07 Å². The fraction of sp³-hybridized carbons (Fsp3) is 0.588. The van der Waals surface area contributed by atoms with Crippen LogP contribution in [0.15, 0.2) is 5.38 Å². The Balaban J connectivity index is 1.78. The highest BCUT2D eigenvalue weighted by Gasteiger charge is 2.55. The summed E-state index contributed by atoms with van der Waals surface area (Å²) in [5, 5.41) is 14.3. The van der Waals surface area contributed by atoms with Crippen LogP contribution in [0.1, 0.15) is 49.2 Å². The lowest BCUT2D eigenvalue weighted by Crippen LogP contribution is -2.54. The van der Waals surface area contributed by atoms with Crippen molar-refractivity contribution in [2.24, 2.45) is 5.92 Å². The number of aromatic nitrogens is 1. The van der Waals surface area contributed by atoms with E-state index in [-0.39, 0.29) is 11.8 Å². The lowest BCUT2D eigenvalue weighted by molar-refractivity contribution is -0.137. The van der Waals surface area contributed by atoms with Gasteiger partial charge in [0.25, 0.3) is 5.91 Å². The Morgan fingerprint density at radius 3 is 2.92 bits per heavy atom. The van der Waals surface area contributed by atoms with Crippen LogP contribution in [-0.2, 0) is 9.59 Å². The first kappa shape index (κ1) is 17.5. The van der Waals surface area contributed by atoms with E-state index < -0.39 is 29.8 Å². The number of aryl methyl sites for hydroxylation is 1. The Bertz CT molecular complexity index is 768. The van der Waals surface area contributed by atoms with E-state index in [0.717, 1.165) is 29.9 Å². The van der Waals surface area contributed by atoms with Crippen LogP contribution in [0.3, 0.4) is 0 Å². The molecule has 7 nitrogen and oxygen atoms in total. The minimum absolute atomic E-state index is 0.0335. The molecule has 8 heteroatoms. The first-order chi connectivity index (χ1) is 11.9. The van der Waals surface area contributed by atoms with Crippen LogP contribution < -0.4 is 5.32 Å². The van der Waals surface area contributed by atoms with Crippen molar-refractivity contribution in [1.29, 1.82) is 5.26 Å². The first-order valence-corrected chi connectivity index (χ1v) is 9.25. The number of hydrogen-bond acceptors (Lipinski definition) is 6. The summed E-state index contributed by atoms with van der Waals surface area (Å²) < 4.78 is 0. The Hall–Kier alpha value is -2.27. The predicted octanol–water partition coefficient (Wildman–Crippen LogP) is 2.13. The molecule has 1 aliphatic heterocycles. The third-order valence-electron chi connectivity index (χ3n) is 5.15. The van der Waals surface area contributed by atoms with Crippen LogP contribution in [0.4, 0.5) is 4.79 Å². The third kappa shape index (κ3) is 2.93. The third-order valence-corrected chi connectivity index (χ3v) is 6.18. The molecule has 0 bridgehead atoms. The van der Waals surface area contributed by atoms with Crippen LogP contribution in [-0.4, -0.2) is 39.7 Å². The van der Waals surface area contributed by atoms with Gasteiger partial charge in [-0.3, -0.25) is 14.5 Å². The normalized spacial score (nSPS) is 27.2. The summed E-state index contributed by atoms with van der Waals surface area (Å²) in [5.41, 5.74) is -0.159. The van der Waals surface area contributed by atoms with Crippen molar-refractivity contribution in [2.75, 3.05) is 6.54 Å². The molecule has 1 spiro atoms. The molecule has 1 aromatic rings. The molecule has 2 fully saturated rings. The topological polar surface area (TPSA) is 103 Å². The first-order valence-electron chi connectivity index (χ1n) is 8.37. The molecule has 1 saturated carbocycles. The summed E-state index contributed by atoms with van der Waals surface area (Å²) in [6.45, 7) is 3.35. The zero-order chi connectivity index (χ0) is 18.2. The van der Waals surface area contributed by atoms with Crippen molar-refractivity contribution in [1.82, 2.24) is 15.2 Å². The van der Waals surface area contributed by atoms with Crippen LogP contribution in [0.25, 0.3) is 0 Å². The van der Waals surface area contributed by atoms with Gasteiger partial charge in [0.15, 0.2) is 11.7 Å². The second kappa shape index (κ2) is 6.56. The summed E-state index contributed by atoms with van der Waals surface area (Å²) in [4.78, 5) is 42.9. The number of nitriles is 1. The van der Waals surface area contributed by atoms with Crippen molar-refractivity contribution >= 4 is 29.1 Å². The van der Waals surface area contributed by atoms with Crippen LogP contribution in [0, 0.1) is 24.2 Å². The number of carbonyl (C=O) groups excluding carboxylic acids is 3. The summed E-state index contributed by atoms with van der Waals surface area (Å²) in [6, 6.07) is 1.40. The number of imide groups is 1. The predicted molar refractivity (Wildman–Crippen MR) is 90.8 cm³/mol. The average Bonchev–Trinajstić information content (AvgIpc) is 3.09. The zero-order valence-electron chi connectivity index (χ0n) is 14.2. The molecule has 2 heterocycles. The number of rotatable bonds is 4. The van der Waals surface area contributed by atoms with Gasteiger partial charge in [-0.2, -0.15) is 5.26 Å². The molecular weight excluding hydrogens is 340 g/mol. The molecule has 1 aromatic heterocycles. The summed E-state index contributed by atoms with van der Waals surface area (Å²) in [5.74, 6) is -1.85. The maximum atomic E-state index is 12.9. The highest BCUT2D eigenvalue weighted by atomic mass is 32.1. The van der Waals surface area contributed by atoms with E-state index in [1.807, 2.05) is 13.0 Å². The lowest BCUT2D eigenvalue weighted by atomic mass is 9.73. The molecule has 3 atom stereocenters. The molecule has 1 saturated heterocycles. The molecule has 1 aliphatic carbocycles. The van der Waals surface area contributed by atoms with E-state index in [1.54, 1.807) is 12.3 Å². The Kier molecular flexibility index (Phi) is 4.60. The van der Waals surface area contributed by atoms with E-state index in [1.165, 1.54) is 11.3 Å². The monoisotopic (exact) mass is 360 g/mol. The molecule has 3 unspecified atom stereocenters. The van der Waals surface area contributed by atoms with Gasteiger partial charge in [0.1, 0.15) is 10.5 Å². The quantitative estimate of drug-likeness (QED) is 0.829. The number of carbonyl (C=O) groups is 3. The second-order valence-corrected chi connectivity index (χ2v) is 7.68. The Labute approximate surface area is 150 Å². The number of ketones is 1. The van der Waals surface area contributed by atoms with Gasteiger partial charge in [0.2, 0.25) is 0 Å². The van der Waals surface area contributed by atoms with Crippen molar-refractivity contribution < 1.29 is 14.4 Å². The van der Waals surface area contributed by atoms with Gasteiger partial charge < -0.3 is 5.32 Å². The van der Waals surface area contributed by atoms with Gasteiger partial charge in [0, 0.05) is 11.1 Å². The van der Waals surface area contributed by atoms with E-state index in [0.29, 0.717) is 11.4 Å². The summed E-state index contributed by atoms with van der Waals surface area (Å²) >= 11 is 1.23. The number of thiazole rings is 1. The fourth-order valence-electron chi connectivity index (χ4n) is 3.66. The maximum absolute atomic E-state index is 12.9. The number of nitrogens with zero attached hydrogens (tertiary/aromatic N) is 3. The average molecular weight is 360 g/mol. The van der Waals surface area contributed by atoms with Gasteiger partial charge in [-0.05, 0) is 25.7 Å². The van der Waals surface area contributed by atoms with E-state index in [4.69, 9.17) is 0 Å². The number of nitrogens with one attached hydrogen (secondary N) is 1. The van der Waals surface area contributed by atoms with Crippen molar-refractivity contribution in [3.05, 3.63) is 16.1 Å². The van der Waals surface area contributed by atoms with Gasteiger partial charge >= 0.3 is 6.03 Å². The summed E-state index contributed by atoms with van der Waals surface area (Å²) in [7, 11) is 0. The lowest BCUT2D eigenvalue weighted by Gasteiger charge is -2.36. The Morgan fingerprint density at radius 1 is 1.56 bits per heavy atom. The molecule has 1 N–H and O–H groups in total. The minimum Gasteiger partial charge on any atom is -0.323 e. The van der Waals surface area contributed by atoms with Crippen LogP contribution in [0.2, 0.25) is 0 Å². The molecule has 25 heavy (non-hydrogen) atoms. The van der Waals surface area contributed by atoms with Gasteiger partial charge in [-0.25, -0.2) is 9.78 Å². The second-order valence-electron chi connectivity index (χ2n) is 6.80. The number of urea groups is 1. The number of hydrogen-bond donors (Lipinski definition) is 1. The largest absolute Gasteiger partial charge is 0.325 e. The smallest absolute Gasteiger partial charge is 0.323 e. The number of amides is 3. The van der Waals surface area contributed by atoms with Crippen LogP contribution in [0.5, 0.6) is 0 Å². The van der Waals surface area contributed by atoms with Gasteiger partial charge in [0.05, 0.1) is 12.6 Å². The SMILES string of the molecule is Cc1csc(C(C#N)C(=O)CN2C(=O)NC3(CCCCC3C)C2=O)n1. The van der Waals surface area contributed by atoms with Crippen LogP contribution >= 0.6 is 11.3 Å². The fourth-order valence-corrected chi connectivity index (χ4v) is 4.52. The van der Waals surface area contributed by atoms with Gasteiger partial charge in [-0.15, -0.1) is 11.3 Å². The van der Waals surface area contributed by atoms with Gasteiger partial charge in [-0.1, -0.05) is 19.8 Å². The number of Topliss-reactive ketones (excluding diaryl/α,β-unsaturated/α-hetero) is 1. The standard InChI is InChI=1S/C17H20N4O3S/c1-10-5-3-4-6-17(10)15(23)21(16(24)20-17)8-13(22)12(7-18)14-19-11(2)9-25-14/h9-10,12H,3-6,8H2,1-2H3,(H,20,24). The minimum atomic E-state index is -1.06. The molecule has 132 valence electrons. The molecule has 2 aliphatic rings. The highest BCUT2D eigenvalue weighted by Crippen LogP contribution is 2.38. The van der Waals surface area contributed by atoms with E-state index >= 15 is 0 Å². The molecular formula is C17H20N4O3S. The van der Waals surface area contributed by atoms with Crippen molar-refractivity contribution in [2.45, 2.75) is 51.0 Å². The zero-order valence-corrected chi connectivity index (χ0v) is 15.1. The van der Waals surface area contributed by atoms with Crippen molar-refractivity contribution in [3.63, 3.8) is 0 Å². The molecule has 0 radical (unpaired) electrons. The maximum Gasteiger partial charge on any atom is 0.325 e. The molecule has 3 amide bonds. The Morgan fingerprint density at radius 2 is 2.32 bits per heavy atom. The molecule has 3 rings (SSSR count). The highest BCUT2D eigenvalue weighted by molar-refractivity contribution is 7.09.